The van der Waals surface area contributed by atoms with Crippen molar-refractivity contribution in [2.24, 2.45) is 10.2 Å². The third-order valence-electron chi connectivity index (χ3n) is 3.97. The molecule has 0 unspecified atom stereocenters. The van der Waals surface area contributed by atoms with Crippen LogP contribution in [-0.4, -0.2) is 26.6 Å². The fourth-order valence-corrected chi connectivity index (χ4v) is 3.15. The summed E-state index contributed by atoms with van der Waals surface area (Å²) < 4.78 is 28.1. The van der Waals surface area contributed by atoms with Gasteiger partial charge in [-0.25, -0.2) is 13.6 Å². The highest BCUT2D eigenvalue weighted by molar-refractivity contribution is 7.89. The van der Waals surface area contributed by atoms with E-state index in [1.165, 1.54) is 29.3 Å². The molecule has 2 N–H and O–H groups in total. The highest BCUT2D eigenvalue weighted by atomic mass is 32.2. The number of ether oxygens (including phenoxy) is 1. The van der Waals surface area contributed by atoms with Crippen molar-refractivity contribution in [3.8, 4) is 5.75 Å². The van der Waals surface area contributed by atoms with Gasteiger partial charge in [-0.1, -0.05) is 12.1 Å². The lowest BCUT2D eigenvalue weighted by atomic mass is 10.1. The number of benzene rings is 2. The molecule has 1 amide bonds. The predicted molar refractivity (Wildman–Crippen MR) is 104 cm³/mol. The van der Waals surface area contributed by atoms with Gasteiger partial charge in [0.05, 0.1) is 28.5 Å². The highest BCUT2D eigenvalue weighted by Crippen LogP contribution is 2.26. The van der Waals surface area contributed by atoms with Crippen molar-refractivity contribution >= 4 is 33.4 Å². The highest BCUT2D eigenvalue weighted by Gasteiger charge is 2.28. The molecule has 1 heterocycles. The van der Waals surface area contributed by atoms with E-state index < -0.39 is 10.0 Å². The van der Waals surface area contributed by atoms with Crippen LogP contribution in [0.1, 0.15) is 19.4 Å². The maximum absolute atomic E-state index is 12.7. The third kappa shape index (κ3) is 4.07. The summed E-state index contributed by atoms with van der Waals surface area (Å²) in [6.07, 6.45) is 1.76. The Balaban J connectivity index is 1.85. The summed E-state index contributed by atoms with van der Waals surface area (Å²) in [6, 6.07) is 13.1. The molecule has 1 aliphatic heterocycles. The molecule has 0 aromatic heterocycles. The van der Waals surface area contributed by atoms with Crippen LogP contribution >= 0.6 is 0 Å². The summed E-state index contributed by atoms with van der Waals surface area (Å²) in [4.78, 5) is 12.7. The number of anilines is 1. The Hall–Kier alpha value is -2.97. The molecule has 0 aliphatic carbocycles. The number of nitrogens with two attached hydrogens (primary N) is 1. The number of primary sulfonamides is 1. The van der Waals surface area contributed by atoms with Crippen LogP contribution < -0.4 is 14.9 Å². The minimum absolute atomic E-state index is 0.0243. The number of carbonyl (C=O) groups is 1. The first kappa shape index (κ1) is 18.8. The van der Waals surface area contributed by atoms with Crippen LogP contribution in [0.2, 0.25) is 0 Å². The average molecular weight is 385 g/mol. The fraction of sp³-hybridized carbons (Fsp3) is 0.158. The van der Waals surface area contributed by atoms with Crippen LogP contribution in [0.5, 0.6) is 5.75 Å². The van der Waals surface area contributed by atoms with Gasteiger partial charge in [-0.05, 0) is 61.9 Å². The topological polar surface area (TPSA) is 102 Å². The zero-order valence-electron chi connectivity index (χ0n) is 14.9. The molecule has 140 valence electrons. The van der Waals surface area contributed by atoms with Gasteiger partial charge in [-0.2, -0.15) is 10.1 Å². The van der Waals surface area contributed by atoms with E-state index in [0.717, 1.165) is 11.3 Å². The first-order chi connectivity index (χ1) is 12.8. The molecule has 27 heavy (non-hydrogen) atoms. The van der Waals surface area contributed by atoms with Crippen LogP contribution in [0.15, 0.2) is 64.1 Å². The summed E-state index contributed by atoms with van der Waals surface area (Å²) in [5.41, 5.74) is 2.35. The number of carbonyl (C=O) groups excluding carboxylic acids is 1. The lowest BCUT2D eigenvalue weighted by Crippen LogP contribution is -2.21. The lowest BCUT2D eigenvalue weighted by molar-refractivity contribution is -0.114. The number of amides is 1. The largest absolute Gasteiger partial charge is 0.494 e. The molecule has 0 bridgehead atoms. The Labute approximate surface area is 157 Å². The Morgan fingerprint density at radius 1 is 1.11 bits per heavy atom. The minimum atomic E-state index is -3.79. The van der Waals surface area contributed by atoms with Crippen molar-refractivity contribution in [1.29, 1.82) is 0 Å². The van der Waals surface area contributed by atoms with Crippen LogP contribution in [0.4, 0.5) is 5.69 Å². The van der Waals surface area contributed by atoms with Gasteiger partial charge in [0.25, 0.3) is 5.91 Å². The third-order valence-corrected chi connectivity index (χ3v) is 4.90. The molecule has 8 heteroatoms. The van der Waals surface area contributed by atoms with Crippen molar-refractivity contribution in [3.63, 3.8) is 0 Å². The first-order valence-electron chi connectivity index (χ1n) is 8.27. The molecule has 3 rings (SSSR count). The first-order valence-corrected chi connectivity index (χ1v) is 9.81. The second kappa shape index (κ2) is 7.34. The Bertz CT molecular complexity index is 1020. The minimum Gasteiger partial charge on any atom is -0.494 e. The fourth-order valence-electron chi connectivity index (χ4n) is 2.63. The van der Waals surface area contributed by atoms with Gasteiger partial charge in [0.15, 0.2) is 0 Å². The van der Waals surface area contributed by atoms with Gasteiger partial charge in [-0.3, -0.25) is 4.79 Å². The Morgan fingerprint density at radius 2 is 1.74 bits per heavy atom. The van der Waals surface area contributed by atoms with E-state index in [4.69, 9.17) is 9.88 Å². The van der Waals surface area contributed by atoms with Crippen molar-refractivity contribution in [3.05, 3.63) is 59.7 Å². The zero-order chi connectivity index (χ0) is 19.6. The molecule has 2 aromatic carbocycles. The van der Waals surface area contributed by atoms with Gasteiger partial charge in [0.1, 0.15) is 5.75 Å². The maximum Gasteiger partial charge on any atom is 0.280 e. The maximum atomic E-state index is 12.7. The van der Waals surface area contributed by atoms with Crippen LogP contribution in [0.25, 0.3) is 6.08 Å². The van der Waals surface area contributed by atoms with E-state index in [9.17, 15) is 13.2 Å². The summed E-state index contributed by atoms with van der Waals surface area (Å²) in [5, 5.41) is 10.6. The smallest absolute Gasteiger partial charge is 0.280 e. The molecule has 2 aromatic rings. The molecule has 7 nitrogen and oxygen atoms in total. The number of hydrazone groups is 1. The summed E-state index contributed by atoms with van der Waals surface area (Å²) in [7, 11) is -3.79. The second-order valence-corrected chi connectivity index (χ2v) is 7.46. The number of hydrogen-bond donors (Lipinski definition) is 1. The quantitative estimate of drug-likeness (QED) is 0.799. The average Bonchev–Trinajstić information content (AvgIpc) is 2.91. The van der Waals surface area contributed by atoms with E-state index >= 15 is 0 Å². The Morgan fingerprint density at radius 3 is 2.30 bits per heavy atom. The number of nitrogens with zero attached hydrogens (tertiary/aromatic N) is 2. The molecule has 0 saturated carbocycles. The number of hydrogen-bond acceptors (Lipinski definition) is 5. The van der Waals surface area contributed by atoms with Gasteiger partial charge in [0.2, 0.25) is 10.0 Å². The van der Waals surface area contributed by atoms with Crippen molar-refractivity contribution < 1.29 is 17.9 Å². The van der Waals surface area contributed by atoms with Gasteiger partial charge in [0, 0.05) is 0 Å². The van der Waals surface area contributed by atoms with Gasteiger partial charge < -0.3 is 4.74 Å². The van der Waals surface area contributed by atoms with Crippen LogP contribution in [0, 0.1) is 0 Å². The van der Waals surface area contributed by atoms with Crippen molar-refractivity contribution in [2.45, 2.75) is 18.7 Å². The lowest BCUT2D eigenvalue weighted by Gasteiger charge is -2.12. The SMILES string of the molecule is CCOc1ccc(/C=C2\C(=O)N(c3ccc(S(N)(=O)=O)cc3)N=C2C)cc1. The molecule has 0 fully saturated rings. The normalized spacial score (nSPS) is 16.0. The number of rotatable bonds is 5. The van der Waals surface area contributed by atoms with Gasteiger partial charge >= 0.3 is 0 Å². The summed E-state index contributed by atoms with van der Waals surface area (Å²) in [5.74, 6) is 0.476. The van der Waals surface area contributed by atoms with Crippen LogP contribution in [-0.2, 0) is 14.8 Å². The molecule has 0 saturated heterocycles. The standard InChI is InChI=1S/C19H19N3O4S/c1-3-26-16-8-4-14(5-9-16)12-18-13(2)21-22(19(18)23)15-6-10-17(11-7-15)27(20,24)25/h4-12H,3H2,1-2H3,(H2,20,24,25)/b18-12-. The predicted octanol–water partition coefficient (Wildman–Crippen LogP) is 2.54. The van der Waals surface area contributed by atoms with E-state index in [-0.39, 0.29) is 10.8 Å². The molecule has 0 spiro atoms. The monoisotopic (exact) mass is 385 g/mol. The molecule has 0 radical (unpaired) electrons. The van der Waals surface area contributed by atoms with Gasteiger partial charge in [-0.15, -0.1) is 0 Å². The molecular formula is C19H19N3O4S. The summed E-state index contributed by atoms with van der Waals surface area (Å²) >= 11 is 0. The van der Waals surface area contributed by atoms with E-state index in [0.29, 0.717) is 23.6 Å². The Kier molecular flexibility index (Phi) is 5.11. The van der Waals surface area contributed by atoms with Crippen molar-refractivity contribution in [1.82, 2.24) is 0 Å². The van der Waals surface area contributed by atoms with E-state index in [2.05, 4.69) is 5.10 Å². The molecule has 1 aliphatic rings. The van der Waals surface area contributed by atoms with E-state index in [1.54, 1.807) is 13.0 Å². The van der Waals surface area contributed by atoms with E-state index in [1.807, 2.05) is 31.2 Å². The molecular weight excluding hydrogens is 366 g/mol. The number of sulfonamides is 1. The second-order valence-electron chi connectivity index (χ2n) is 5.90. The zero-order valence-corrected chi connectivity index (χ0v) is 15.7. The van der Waals surface area contributed by atoms with Crippen LogP contribution in [0.3, 0.4) is 0 Å². The molecule has 0 atom stereocenters. The van der Waals surface area contributed by atoms with Crippen molar-refractivity contribution in [2.75, 3.05) is 11.6 Å². The summed E-state index contributed by atoms with van der Waals surface area (Å²) in [6.45, 7) is 4.25.